The van der Waals surface area contributed by atoms with Gasteiger partial charge in [-0.3, -0.25) is 4.79 Å². The van der Waals surface area contributed by atoms with Crippen LogP contribution >= 0.6 is 43.5 Å². The number of amides is 1. The van der Waals surface area contributed by atoms with E-state index in [0.717, 1.165) is 4.47 Å². The minimum Gasteiger partial charge on any atom is -0.479 e. The van der Waals surface area contributed by atoms with Gasteiger partial charge in [-0.25, -0.2) is 0 Å². The van der Waals surface area contributed by atoms with Crippen LogP contribution in [0.1, 0.15) is 5.56 Å². The summed E-state index contributed by atoms with van der Waals surface area (Å²) in [5.41, 5.74) is 0.972. The van der Waals surface area contributed by atoms with Crippen LogP contribution in [0, 0.1) is 23.7 Å². The summed E-state index contributed by atoms with van der Waals surface area (Å²) >= 11 is 12.6. The van der Waals surface area contributed by atoms with Gasteiger partial charge in [0.1, 0.15) is 24.0 Å². The Balaban J connectivity index is 2.36. The Morgan fingerprint density at radius 3 is 2.62 bits per heavy atom. The molecular weight excluding hydrogens is 483 g/mol. The van der Waals surface area contributed by atoms with E-state index in [1.807, 2.05) is 6.07 Å². The Hall–Kier alpha value is -2.25. The molecule has 1 amide bonds. The number of hydrogen-bond donors (Lipinski definition) is 1. The first-order valence-electron chi connectivity index (χ1n) is 7.18. The Kier molecular flexibility index (Phi) is 7.29. The largest absolute Gasteiger partial charge is 0.479 e. The van der Waals surface area contributed by atoms with Crippen LogP contribution in [0.2, 0.25) is 5.02 Å². The number of ether oxygens (including phenoxy) is 1. The van der Waals surface area contributed by atoms with Gasteiger partial charge in [0, 0.05) is 20.7 Å². The second kappa shape index (κ2) is 9.45. The Morgan fingerprint density at radius 1 is 1.31 bits per heavy atom. The number of benzene rings is 2. The zero-order chi connectivity index (χ0) is 19.1. The average Bonchev–Trinajstić information content (AvgIpc) is 2.60. The maximum Gasteiger partial charge on any atom is 0.266 e. The van der Waals surface area contributed by atoms with Crippen LogP contribution in [0.25, 0.3) is 6.08 Å². The van der Waals surface area contributed by atoms with Crippen molar-refractivity contribution in [1.29, 1.82) is 5.26 Å². The molecule has 0 aromatic heterocycles. The molecule has 26 heavy (non-hydrogen) atoms. The molecule has 130 valence electrons. The van der Waals surface area contributed by atoms with E-state index in [1.54, 1.807) is 36.4 Å². The lowest BCUT2D eigenvalue weighted by Gasteiger charge is -2.11. The molecule has 0 fully saturated rings. The Labute approximate surface area is 173 Å². The predicted octanol–water partition coefficient (Wildman–Crippen LogP) is 5.42. The van der Waals surface area contributed by atoms with Gasteiger partial charge in [-0.1, -0.05) is 33.5 Å². The fourth-order valence-electron chi connectivity index (χ4n) is 1.99. The normalized spacial score (nSPS) is 10.6. The van der Waals surface area contributed by atoms with Crippen LogP contribution in [0.4, 0.5) is 5.69 Å². The zero-order valence-electron chi connectivity index (χ0n) is 13.2. The van der Waals surface area contributed by atoms with Crippen molar-refractivity contribution >= 4 is 61.1 Å². The molecule has 0 unspecified atom stereocenters. The molecule has 0 saturated carbocycles. The number of hydrogen-bond acceptors (Lipinski definition) is 3. The van der Waals surface area contributed by atoms with Crippen molar-refractivity contribution in [3.8, 4) is 24.2 Å². The number of nitrogens with one attached hydrogen (secondary N) is 1. The third-order valence-corrected chi connectivity index (χ3v) is 4.40. The molecule has 0 aliphatic heterocycles. The van der Waals surface area contributed by atoms with Crippen molar-refractivity contribution in [3.05, 3.63) is 61.5 Å². The molecule has 1 N–H and O–H groups in total. The van der Waals surface area contributed by atoms with E-state index in [0.29, 0.717) is 26.5 Å². The second-order valence-corrected chi connectivity index (χ2v) is 7.14. The predicted molar refractivity (Wildman–Crippen MR) is 110 cm³/mol. The SMILES string of the molecule is C#CCOc1c(Br)cc(Br)cc1/C=C(\C#N)C(=O)Nc1ccc(Cl)cc1. The van der Waals surface area contributed by atoms with Crippen molar-refractivity contribution in [3.63, 3.8) is 0 Å². The standard InChI is InChI=1S/C19H11Br2ClN2O2/c1-2-7-26-18-12(9-14(20)10-17(18)21)8-13(11-23)19(25)24-16-5-3-15(22)4-6-16/h1,3-6,8-10H,7H2,(H,24,25)/b13-8+. The topological polar surface area (TPSA) is 62.1 Å². The molecule has 2 rings (SSSR count). The van der Waals surface area contributed by atoms with E-state index in [2.05, 4.69) is 43.1 Å². The van der Waals surface area contributed by atoms with Crippen LogP contribution < -0.4 is 10.1 Å². The lowest BCUT2D eigenvalue weighted by molar-refractivity contribution is -0.112. The highest BCUT2D eigenvalue weighted by Crippen LogP contribution is 2.34. The van der Waals surface area contributed by atoms with E-state index in [9.17, 15) is 10.1 Å². The molecule has 0 aliphatic carbocycles. The summed E-state index contributed by atoms with van der Waals surface area (Å²) in [6, 6.07) is 12.0. The van der Waals surface area contributed by atoms with Gasteiger partial charge in [-0.15, -0.1) is 6.42 Å². The molecule has 0 radical (unpaired) electrons. The molecule has 0 spiro atoms. The maximum atomic E-state index is 12.4. The van der Waals surface area contributed by atoms with E-state index < -0.39 is 5.91 Å². The fourth-order valence-corrected chi connectivity index (χ4v) is 3.49. The van der Waals surface area contributed by atoms with Gasteiger partial charge in [0.2, 0.25) is 0 Å². The van der Waals surface area contributed by atoms with E-state index in [-0.39, 0.29) is 12.2 Å². The molecule has 2 aromatic rings. The van der Waals surface area contributed by atoms with Gasteiger partial charge >= 0.3 is 0 Å². The molecular formula is C19H11Br2ClN2O2. The van der Waals surface area contributed by atoms with Gasteiger partial charge in [0.15, 0.2) is 0 Å². The minimum atomic E-state index is -0.547. The zero-order valence-corrected chi connectivity index (χ0v) is 17.2. The second-order valence-electron chi connectivity index (χ2n) is 4.93. The average molecular weight is 495 g/mol. The summed E-state index contributed by atoms with van der Waals surface area (Å²) in [6.45, 7) is 0.0555. The van der Waals surface area contributed by atoms with Gasteiger partial charge in [0.25, 0.3) is 5.91 Å². The summed E-state index contributed by atoms with van der Waals surface area (Å²) < 4.78 is 6.92. The lowest BCUT2D eigenvalue weighted by atomic mass is 10.1. The van der Waals surface area contributed by atoms with Gasteiger partial charge in [0.05, 0.1) is 4.47 Å². The Morgan fingerprint density at radius 2 is 2.00 bits per heavy atom. The molecule has 0 atom stereocenters. The third kappa shape index (κ3) is 5.37. The maximum absolute atomic E-state index is 12.4. The monoisotopic (exact) mass is 492 g/mol. The van der Waals surface area contributed by atoms with Crippen LogP contribution in [-0.2, 0) is 4.79 Å². The van der Waals surface area contributed by atoms with Crippen LogP contribution in [0.15, 0.2) is 50.9 Å². The summed E-state index contributed by atoms with van der Waals surface area (Å²) in [5, 5.41) is 12.6. The van der Waals surface area contributed by atoms with Crippen molar-refractivity contribution < 1.29 is 9.53 Å². The number of nitrogens with zero attached hydrogens (tertiary/aromatic N) is 1. The molecule has 0 aliphatic rings. The highest BCUT2D eigenvalue weighted by atomic mass is 79.9. The first-order valence-corrected chi connectivity index (χ1v) is 9.15. The molecule has 0 bridgehead atoms. The molecule has 7 heteroatoms. The number of carbonyl (C=O) groups is 1. The van der Waals surface area contributed by atoms with E-state index in [4.69, 9.17) is 22.8 Å². The van der Waals surface area contributed by atoms with Crippen molar-refractivity contribution in [2.24, 2.45) is 0 Å². The summed E-state index contributed by atoms with van der Waals surface area (Å²) in [7, 11) is 0. The van der Waals surface area contributed by atoms with E-state index >= 15 is 0 Å². The Bertz CT molecular complexity index is 942. The van der Waals surface area contributed by atoms with Gasteiger partial charge in [-0.2, -0.15) is 5.26 Å². The van der Waals surface area contributed by atoms with Gasteiger partial charge < -0.3 is 10.1 Å². The van der Waals surface area contributed by atoms with Crippen molar-refractivity contribution in [2.75, 3.05) is 11.9 Å². The number of terminal acetylenes is 1. The summed E-state index contributed by atoms with van der Waals surface area (Å²) in [4.78, 5) is 12.4. The number of halogens is 3. The minimum absolute atomic E-state index is 0.0555. The smallest absolute Gasteiger partial charge is 0.266 e. The van der Waals surface area contributed by atoms with Crippen LogP contribution in [0.5, 0.6) is 5.75 Å². The molecule has 0 heterocycles. The van der Waals surface area contributed by atoms with Crippen molar-refractivity contribution in [2.45, 2.75) is 0 Å². The molecule has 4 nitrogen and oxygen atoms in total. The first kappa shape index (κ1) is 20.1. The van der Waals surface area contributed by atoms with Crippen LogP contribution in [-0.4, -0.2) is 12.5 Å². The molecule has 2 aromatic carbocycles. The highest BCUT2D eigenvalue weighted by molar-refractivity contribution is 9.11. The number of anilines is 1. The molecule has 0 saturated heterocycles. The van der Waals surface area contributed by atoms with Crippen LogP contribution in [0.3, 0.4) is 0 Å². The summed E-state index contributed by atoms with van der Waals surface area (Å²) in [6.07, 6.45) is 6.67. The lowest BCUT2D eigenvalue weighted by Crippen LogP contribution is -2.13. The fraction of sp³-hybridized carbons (Fsp3) is 0.0526. The van der Waals surface area contributed by atoms with E-state index in [1.165, 1.54) is 6.08 Å². The quantitative estimate of drug-likeness (QED) is 0.343. The van der Waals surface area contributed by atoms with Crippen molar-refractivity contribution in [1.82, 2.24) is 0 Å². The number of carbonyl (C=O) groups excluding carboxylic acids is 1. The van der Waals surface area contributed by atoms with Gasteiger partial charge in [-0.05, 0) is 58.4 Å². The number of nitriles is 1. The first-order chi connectivity index (χ1) is 12.4. The number of rotatable bonds is 5. The highest BCUT2D eigenvalue weighted by Gasteiger charge is 2.14. The summed E-state index contributed by atoms with van der Waals surface area (Å²) in [5.74, 6) is 2.28. The third-order valence-electron chi connectivity index (χ3n) is 3.10.